The zero-order valence-electron chi connectivity index (χ0n) is 15.4. The molecule has 2 aromatic heterocycles. The minimum absolute atomic E-state index is 0.0644. The fourth-order valence-electron chi connectivity index (χ4n) is 3.52. The van der Waals surface area contributed by atoms with Crippen molar-refractivity contribution in [3.8, 4) is 0 Å². The van der Waals surface area contributed by atoms with Gasteiger partial charge in [-0.15, -0.1) is 22.7 Å². The summed E-state index contributed by atoms with van der Waals surface area (Å²) in [6.07, 6.45) is 0.818. The largest absolute Gasteiger partial charge is 0.333 e. The van der Waals surface area contributed by atoms with E-state index in [0.717, 1.165) is 32.8 Å². The third-order valence-electron chi connectivity index (χ3n) is 4.98. The maximum absolute atomic E-state index is 12.7. The van der Waals surface area contributed by atoms with Crippen LogP contribution in [0.1, 0.15) is 30.6 Å². The number of rotatable bonds is 3. The molecule has 29 heavy (non-hydrogen) atoms. The van der Waals surface area contributed by atoms with Crippen molar-refractivity contribution in [2.24, 2.45) is 0 Å². The average molecular weight is 420 g/mol. The van der Waals surface area contributed by atoms with Crippen LogP contribution in [-0.2, 0) is 13.0 Å². The molecule has 1 N–H and O–H groups in total. The Kier molecular flexibility index (Phi) is 4.61. The first-order valence-electron chi connectivity index (χ1n) is 9.29. The summed E-state index contributed by atoms with van der Waals surface area (Å²) in [4.78, 5) is 32.4. The molecule has 0 bridgehead atoms. The van der Waals surface area contributed by atoms with Crippen LogP contribution in [0.15, 0.2) is 60.0 Å². The molecule has 1 aliphatic heterocycles. The molecule has 144 valence electrons. The highest BCUT2D eigenvalue weighted by Crippen LogP contribution is 2.26. The number of anilines is 1. The molecular weight excluding hydrogens is 402 g/mol. The Labute approximate surface area is 175 Å². The number of hydrogen-bond acceptors (Lipinski definition) is 5. The number of nitrogens with one attached hydrogen (secondary N) is 1. The van der Waals surface area contributed by atoms with Gasteiger partial charge in [-0.2, -0.15) is 0 Å². The van der Waals surface area contributed by atoms with Crippen molar-refractivity contribution in [3.63, 3.8) is 0 Å². The van der Waals surface area contributed by atoms with E-state index >= 15 is 0 Å². The van der Waals surface area contributed by atoms with Crippen molar-refractivity contribution >= 4 is 50.4 Å². The Morgan fingerprint density at radius 3 is 2.76 bits per heavy atom. The molecule has 0 spiro atoms. The van der Waals surface area contributed by atoms with E-state index in [-0.39, 0.29) is 11.8 Å². The Hall–Kier alpha value is -3.03. The Morgan fingerprint density at radius 1 is 1.03 bits per heavy atom. The second-order valence-corrected chi connectivity index (χ2v) is 8.86. The first-order chi connectivity index (χ1) is 14.2. The van der Waals surface area contributed by atoms with Gasteiger partial charge in [-0.1, -0.05) is 24.3 Å². The summed E-state index contributed by atoms with van der Waals surface area (Å²) < 4.78 is 0.992. The van der Waals surface area contributed by atoms with Crippen LogP contribution >= 0.6 is 22.7 Å². The van der Waals surface area contributed by atoms with Gasteiger partial charge in [0.05, 0.1) is 15.1 Å². The van der Waals surface area contributed by atoms with Crippen LogP contribution in [-0.4, -0.2) is 28.2 Å². The van der Waals surface area contributed by atoms with E-state index in [0.29, 0.717) is 18.1 Å². The van der Waals surface area contributed by atoms with Gasteiger partial charge >= 0.3 is 0 Å². The highest BCUT2D eigenvalue weighted by molar-refractivity contribution is 7.20. The van der Waals surface area contributed by atoms with E-state index in [4.69, 9.17) is 0 Å². The Bertz CT molecular complexity index is 1180. The molecule has 2 aromatic carbocycles. The predicted molar refractivity (Wildman–Crippen MR) is 117 cm³/mol. The molecule has 0 atom stereocenters. The van der Waals surface area contributed by atoms with E-state index in [1.54, 1.807) is 0 Å². The van der Waals surface area contributed by atoms with Gasteiger partial charge in [0.15, 0.2) is 5.01 Å². The lowest BCUT2D eigenvalue weighted by Crippen LogP contribution is -2.35. The number of fused-ring (bicyclic) bond motifs is 2. The number of carbonyl (C=O) groups is 2. The monoisotopic (exact) mass is 419 g/mol. The quantitative estimate of drug-likeness (QED) is 0.518. The van der Waals surface area contributed by atoms with E-state index in [1.165, 1.54) is 28.2 Å². The molecular formula is C22H17N3O2S2. The first-order valence-corrected chi connectivity index (χ1v) is 11.0. The zero-order chi connectivity index (χ0) is 19.8. The summed E-state index contributed by atoms with van der Waals surface area (Å²) in [5.41, 5.74) is 3.84. The van der Waals surface area contributed by atoms with E-state index in [2.05, 4.69) is 10.3 Å². The molecule has 5 nitrogen and oxygen atoms in total. The second-order valence-electron chi connectivity index (χ2n) is 6.88. The van der Waals surface area contributed by atoms with Gasteiger partial charge in [-0.25, -0.2) is 4.98 Å². The number of benzene rings is 2. The topological polar surface area (TPSA) is 62.3 Å². The Balaban J connectivity index is 1.34. The third kappa shape index (κ3) is 3.54. The second kappa shape index (κ2) is 7.42. The fourth-order valence-corrected chi connectivity index (χ4v) is 5.07. The fraction of sp³-hybridized carbons (Fsp3) is 0.136. The molecule has 1 aliphatic rings. The van der Waals surface area contributed by atoms with Crippen molar-refractivity contribution in [1.82, 2.24) is 9.88 Å². The number of amides is 2. The maximum Gasteiger partial charge on any atom is 0.284 e. The maximum atomic E-state index is 12.7. The van der Waals surface area contributed by atoms with Crippen LogP contribution in [0.5, 0.6) is 0 Å². The number of aromatic nitrogens is 1. The van der Waals surface area contributed by atoms with E-state index < -0.39 is 0 Å². The van der Waals surface area contributed by atoms with Crippen molar-refractivity contribution in [3.05, 3.63) is 81.0 Å². The van der Waals surface area contributed by atoms with Gasteiger partial charge in [0, 0.05) is 18.8 Å². The number of thiazole rings is 1. The molecule has 4 aromatic rings. The van der Waals surface area contributed by atoms with Crippen molar-refractivity contribution in [1.29, 1.82) is 0 Å². The van der Waals surface area contributed by atoms with E-state index in [1.807, 2.05) is 64.9 Å². The molecule has 0 saturated heterocycles. The van der Waals surface area contributed by atoms with Gasteiger partial charge < -0.3 is 10.2 Å². The van der Waals surface area contributed by atoms with E-state index in [9.17, 15) is 9.59 Å². The molecule has 3 heterocycles. The SMILES string of the molecule is O=C(Nc1ccc2c(c1)CN(C(=O)c1cccs1)CC2)c1nc2ccccc2s1. The average Bonchev–Trinajstić information content (AvgIpc) is 3.42. The minimum Gasteiger partial charge on any atom is -0.333 e. The number of nitrogens with zero attached hydrogens (tertiary/aromatic N) is 2. The molecule has 0 unspecified atom stereocenters. The minimum atomic E-state index is -0.214. The lowest BCUT2D eigenvalue weighted by Gasteiger charge is -2.29. The van der Waals surface area contributed by atoms with Crippen molar-refractivity contribution in [2.75, 3.05) is 11.9 Å². The normalized spacial score (nSPS) is 13.3. The lowest BCUT2D eigenvalue weighted by atomic mass is 9.99. The van der Waals surface area contributed by atoms with Crippen LogP contribution in [0.3, 0.4) is 0 Å². The van der Waals surface area contributed by atoms with Gasteiger partial charge in [-0.3, -0.25) is 9.59 Å². The van der Waals surface area contributed by atoms with Gasteiger partial charge in [-0.05, 0) is 53.3 Å². The number of carbonyl (C=O) groups excluding carboxylic acids is 2. The van der Waals surface area contributed by atoms with Gasteiger partial charge in [0.1, 0.15) is 0 Å². The number of thiophene rings is 1. The molecule has 5 rings (SSSR count). The van der Waals surface area contributed by atoms with Crippen molar-refractivity contribution < 1.29 is 9.59 Å². The lowest BCUT2D eigenvalue weighted by molar-refractivity contribution is 0.0739. The molecule has 0 fully saturated rings. The highest BCUT2D eigenvalue weighted by Gasteiger charge is 2.23. The molecule has 7 heteroatoms. The first kappa shape index (κ1) is 18.0. The Morgan fingerprint density at radius 2 is 1.93 bits per heavy atom. The smallest absolute Gasteiger partial charge is 0.284 e. The highest BCUT2D eigenvalue weighted by atomic mass is 32.1. The summed E-state index contributed by atoms with van der Waals surface area (Å²) in [6.45, 7) is 1.26. The third-order valence-corrected chi connectivity index (χ3v) is 6.88. The summed E-state index contributed by atoms with van der Waals surface area (Å²) in [5, 5.41) is 5.31. The van der Waals surface area contributed by atoms with Crippen LogP contribution in [0.25, 0.3) is 10.2 Å². The summed E-state index contributed by atoms with van der Waals surface area (Å²) >= 11 is 2.84. The van der Waals surface area contributed by atoms with Crippen LogP contribution in [0, 0.1) is 0 Å². The van der Waals surface area contributed by atoms with Crippen LogP contribution in [0.4, 0.5) is 5.69 Å². The standard InChI is InChI=1S/C22H17N3O2S2/c26-20(21-24-17-4-1-2-5-18(17)29-21)23-16-8-7-14-9-10-25(13-15(14)12-16)22(27)19-6-3-11-28-19/h1-8,11-12H,9-10,13H2,(H,23,26). The molecule has 2 amide bonds. The van der Waals surface area contributed by atoms with Crippen molar-refractivity contribution in [2.45, 2.75) is 13.0 Å². The molecule has 0 aliphatic carbocycles. The van der Waals surface area contributed by atoms with Crippen LogP contribution in [0.2, 0.25) is 0 Å². The predicted octanol–water partition coefficient (Wildman–Crippen LogP) is 4.81. The molecule has 0 saturated carbocycles. The van der Waals surface area contributed by atoms with Gasteiger partial charge in [0.2, 0.25) is 0 Å². The number of hydrogen-bond donors (Lipinski definition) is 1. The zero-order valence-corrected chi connectivity index (χ0v) is 17.1. The van der Waals surface area contributed by atoms with Gasteiger partial charge in [0.25, 0.3) is 11.8 Å². The summed E-state index contributed by atoms with van der Waals surface area (Å²) in [6, 6.07) is 17.4. The summed E-state index contributed by atoms with van der Waals surface area (Å²) in [7, 11) is 0. The summed E-state index contributed by atoms with van der Waals surface area (Å²) in [5.74, 6) is -0.150. The van der Waals surface area contributed by atoms with Crippen LogP contribution < -0.4 is 5.32 Å². The number of para-hydroxylation sites is 1. The molecule has 0 radical (unpaired) electrons.